The van der Waals surface area contributed by atoms with E-state index in [0.29, 0.717) is 11.8 Å². The number of benzene rings is 1. The van der Waals surface area contributed by atoms with Crippen LogP contribution in [0.5, 0.6) is 5.75 Å². The van der Waals surface area contributed by atoms with Crippen molar-refractivity contribution in [2.45, 2.75) is 40.7 Å². The van der Waals surface area contributed by atoms with Crippen molar-refractivity contribution >= 4 is 11.8 Å². The second kappa shape index (κ2) is 8.57. The summed E-state index contributed by atoms with van der Waals surface area (Å²) in [7, 11) is 0. The molecule has 3 rings (SSSR count). The molecule has 27 heavy (non-hydrogen) atoms. The lowest BCUT2D eigenvalue weighted by Gasteiger charge is -2.38. The SMILES string of the molecule is Cc1noc(NC(=O)C2CN(Cc3ccc(OCCC(C)C)cc3)C2)c1C. The Labute approximate surface area is 160 Å². The molecule has 146 valence electrons. The third-order valence-corrected chi connectivity index (χ3v) is 5.02. The number of ether oxygens (including phenoxy) is 1. The van der Waals surface area contributed by atoms with Gasteiger partial charge >= 0.3 is 0 Å². The van der Waals surface area contributed by atoms with E-state index >= 15 is 0 Å². The van der Waals surface area contributed by atoms with Crippen LogP contribution in [0.3, 0.4) is 0 Å². The quantitative estimate of drug-likeness (QED) is 0.765. The second-order valence-corrected chi connectivity index (χ2v) is 7.78. The number of aryl methyl sites for hydroxylation is 1. The van der Waals surface area contributed by atoms with E-state index in [1.807, 2.05) is 26.0 Å². The van der Waals surface area contributed by atoms with Gasteiger partial charge < -0.3 is 9.26 Å². The summed E-state index contributed by atoms with van der Waals surface area (Å²) < 4.78 is 10.9. The Morgan fingerprint density at radius 3 is 2.59 bits per heavy atom. The Morgan fingerprint density at radius 2 is 2.00 bits per heavy atom. The summed E-state index contributed by atoms with van der Waals surface area (Å²) in [5.41, 5.74) is 2.92. The average molecular weight is 371 g/mol. The Balaban J connectivity index is 1.41. The molecule has 6 nitrogen and oxygen atoms in total. The zero-order chi connectivity index (χ0) is 19.4. The van der Waals surface area contributed by atoms with E-state index in [1.54, 1.807) is 0 Å². The number of anilines is 1. The van der Waals surface area contributed by atoms with Gasteiger partial charge in [-0.2, -0.15) is 0 Å². The van der Waals surface area contributed by atoms with Crippen molar-refractivity contribution in [3.05, 3.63) is 41.1 Å². The maximum absolute atomic E-state index is 12.3. The smallest absolute Gasteiger partial charge is 0.234 e. The molecule has 0 atom stereocenters. The van der Waals surface area contributed by atoms with Crippen LogP contribution in [-0.2, 0) is 11.3 Å². The molecule has 1 aromatic heterocycles. The number of nitrogens with one attached hydrogen (secondary N) is 1. The van der Waals surface area contributed by atoms with Crippen molar-refractivity contribution in [2.75, 3.05) is 25.0 Å². The Bertz CT molecular complexity index is 761. The molecule has 1 aliphatic heterocycles. The molecule has 0 bridgehead atoms. The fourth-order valence-electron chi connectivity index (χ4n) is 2.97. The monoisotopic (exact) mass is 371 g/mol. The van der Waals surface area contributed by atoms with Crippen LogP contribution in [0.25, 0.3) is 0 Å². The van der Waals surface area contributed by atoms with Crippen LogP contribution in [0.2, 0.25) is 0 Å². The number of rotatable bonds is 8. The molecule has 1 aromatic carbocycles. The number of carbonyl (C=O) groups is 1. The van der Waals surface area contributed by atoms with Crippen LogP contribution in [0.1, 0.15) is 37.1 Å². The summed E-state index contributed by atoms with van der Waals surface area (Å²) in [5.74, 6) is 2.02. The number of amides is 1. The van der Waals surface area contributed by atoms with E-state index in [1.165, 1.54) is 5.56 Å². The van der Waals surface area contributed by atoms with Gasteiger partial charge in [0, 0.05) is 25.2 Å². The topological polar surface area (TPSA) is 67.6 Å². The van der Waals surface area contributed by atoms with Crippen LogP contribution >= 0.6 is 0 Å². The van der Waals surface area contributed by atoms with Gasteiger partial charge in [0.25, 0.3) is 0 Å². The summed E-state index contributed by atoms with van der Waals surface area (Å²) in [6.07, 6.45) is 1.06. The second-order valence-electron chi connectivity index (χ2n) is 7.78. The molecule has 1 aliphatic rings. The number of likely N-dealkylation sites (tertiary alicyclic amines) is 1. The standard InChI is InChI=1S/C21H29N3O3/c1-14(2)9-10-26-19-7-5-17(6-8-19)11-24-12-18(13-24)20(25)22-21-15(3)16(4)23-27-21/h5-8,14,18H,9-13H2,1-4H3,(H,22,25). The minimum atomic E-state index is -0.00607. The van der Waals surface area contributed by atoms with Crippen molar-refractivity contribution in [3.8, 4) is 5.75 Å². The fourth-order valence-corrected chi connectivity index (χ4v) is 2.97. The third kappa shape index (κ3) is 5.10. The van der Waals surface area contributed by atoms with Gasteiger partial charge in [-0.05, 0) is 43.9 Å². The lowest BCUT2D eigenvalue weighted by molar-refractivity contribution is -0.125. The van der Waals surface area contributed by atoms with Crippen molar-refractivity contribution in [2.24, 2.45) is 11.8 Å². The maximum atomic E-state index is 12.3. The zero-order valence-electron chi connectivity index (χ0n) is 16.6. The minimum Gasteiger partial charge on any atom is -0.494 e. The van der Waals surface area contributed by atoms with Gasteiger partial charge in [-0.15, -0.1) is 0 Å². The van der Waals surface area contributed by atoms with Crippen molar-refractivity contribution < 1.29 is 14.1 Å². The predicted molar refractivity (Wildman–Crippen MR) is 105 cm³/mol. The van der Waals surface area contributed by atoms with Crippen LogP contribution in [-0.4, -0.2) is 35.7 Å². The molecule has 2 aromatic rings. The van der Waals surface area contributed by atoms with E-state index < -0.39 is 0 Å². The van der Waals surface area contributed by atoms with Gasteiger partial charge in [-0.1, -0.05) is 31.1 Å². The Hall–Kier alpha value is -2.34. The van der Waals surface area contributed by atoms with E-state index in [2.05, 4.69) is 41.4 Å². The van der Waals surface area contributed by atoms with Crippen LogP contribution in [0, 0.1) is 25.7 Å². The van der Waals surface area contributed by atoms with Crippen LogP contribution in [0.4, 0.5) is 5.88 Å². The number of hydrogen-bond acceptors (Lipinski definition) is 5. The Kier molecular flexibility index (Phi) is 6.16. The van der Waals surface area contributed by atoms with Crippen molar-refractivity contribution in [1.82, 2.24) is 10.1 Å². The normalized spacial score (nSPS) is 15.0. The van der Waals surface area contributed by atoms with Crippen molar-refractivity contribution in [1.29, 1.82) is 0 Å². The van der Waals surface area contributed by atoms with E-state index in [4.69, 9.17) is 9.26 Å². The van der Waals surface area contributed by atoms with E-state index in [0.717, 1.165) is 49.7 Å². The largest absolute Gasteiger partial charge is 0.494 e. The number of nitrogens with zero attached hydrogens (tertiary/aromatic N) is 2. The molecule has 0 spiro atoms. The summed E-state index contributed by atoms with van der Waals surface area (Å²) in [6.45, 7) is 11.3. The molecular weight excluding hydrogens is 342 g/mol. The first-order chi connectivity index (χ1) is 12.9. The molecule has 0 unspecified atom stereocenters. The van der Waals surface area contributed by atoms with Crippen LogP contribution < -0.4 is 10.1 Å². The number of aromatic nitrogens is 1. The highest BCUT2D eigenvalue weighted by atomic mass is 16.5. The van der Waals surface area contributed by atoms with Gasteiger partial charge in [-0.25, -0.2) is 0 Å². The van der Waals surface area contributed by atoms with Gasteiger partial charge in [-0.3, -0.25) is 15.0 Å². The molecule has 0 aliphatic carbocycles. The summed E-state index contributed by atoms with van der Waals surface area (Å²) in [6, 6.07) is 8.24. The molecule has 1 saturated heterocycles. The third-order valence-electron chi connectivity index (χ3n) is 5.02. The first-order valence-electron chi connectivity index (χ1n) is 9.60. The van der Waals surface area contributed by atoms with Crippen LogP contribution in [0.15, 0.2) is 28.8 Å². The molecule has 2 heterocycles. The summed E-state index contributed by atoms with van der Waals surface area (Å²) in [5, 5.41) is 6.71. The summed E-state index contributed by atoms with van der Waals surface area (Å²) in [4.78, 5) is 14.6. The van der Waals surface area contributed by atoms with Gasteiger partial charge in [0.1, 0.15) is 5.75 Å². The minimum absolute atomic E-state index is 0.000555. The highest BCUT2D eigenvalue weighted by molar-refractivity contribution is 5.92. The molecular formula is C21H29N3O3. The molecule has 1 N–H and O–H groups in total. The first-order valence-corrected chi connectivity index (χ1v) is 9.60. The predicted octanol–water partition coefficient (Wildman–Crippen LogP) is 3.79. The summed E-state index contributed by atoms with van der Waals surface area (Å²) >= 11 is 0. The lowest BCUT2D eigenvalue weighted by Crippen LogP contribution is -2.51. The average Bonchev–Trinajstić information content (AvgIpc) is 2.90. The highest BCUT2D eigenvalue weighted by Gasteiger charge is 2.33. The van der Waals surface area contributed by atoms with E-state index in [9.17, 15) is 4.79 Å². The fraction of sp³-hybridized carbons (Fsp3) is 0.524. The molecule has 6 heteroatoms. The molecule has 1 amide bonds. The lowest BCUT2D eigenvalue weighted by atomic mass is 9.98. The maximum Gasteiger partial charge on any atom is 0.234 e. The van der Waals surface area contributed by atoms with Crippen molar-refractivity contribution in [3.63, 3.8) is 0 Å². The van der Waals surface area contributed by atoms with Gasteiger partial charge in [0.05, 0.1) is 18.2 Å². The number of carbonyl (C=O) groups excluding carboxylic acids is 1. The van der Waals surface area contributed by atoms with Gasteiger partial charge in [0.15, 0.2) is 0 Å². The number of hydrogen-bond donors (Lipinski definition) is 1. The Morgan fingerprint density at radius 1 is 1.30 bits per heavy atom. The molecule has 0 radical (unpaired) electrons. The highest BCUT2D eigenvalue weighted by Crippen LogP contribution is 2.23. The van der Waals surface area contributed by atoms with Gasteiger partial charge in [0.2, 0.25) is 11.8 Å². The molecule has 1 fully saturated rings. The van der Waals surface area contributed by atoms with E-state index in [-0.39, 0.29) is 11.8 Å². The first kappa shape index (κ1) is 19.4. The molecule has 0 saturated carbocycles. The zero-order valence-corrected chi connectivity index (χ0v) is 16.6.